The fourth-order valence-corrected chi connectivity index (χ4v) is 2.16. The van der Waals surface area contributed by atoms with Crippen molar-refractivity contribution in [3.05, 3.63) is 28.3 Å². The lowest BCUT2D eigenvalue weighted by Gasteiger charge is -2.09. The van der Waals surface area contributed by atoms with Gasteiger partial charge in [0.05, 0.1) is 24.1 Å². The number of ether oxygens (including phenoxy) is 1. The third-order valence-electron chi connectivity index (χ3n) is 2.90. The molecule has 1 aliphatic carbocycles. The first-order chi connectivity index (χ1) is 7.17. The first-order valence-electron chi connectivity index (χ1n) is 4.91. The van der Waals surface area contributed by atoms with E-state index in [-0.39, 0.29) is 5.92 Å². The van der Waals surface area contributed by atoms with E-state index >= 15 is 0 Å². The molecular weight excluding hydrogens is 210 g/mol. The molecule has 1 fully saturated rings. The quantitative estimate of drug-likeness (QED) is 0.768. The Hall–Kier alpha value is -1.20. The molecule has 0 saturated heterocycles. The molecule has 15 heavy (non-hydrogen) atoms. The van der Waals surface area contributed by atoms with E-state index in [4.69, 9.17) is 21.6 Å². The van der Waals surface area contributed by atoms with E-state index in [0.717, 1.165) is 12.0 Å². The number of benzene rings is 1. The summed E-state index contributed by atoms with van der Waals surface area (Å²) in [5, 5.41) is 9.42. The highest BCUT2D eigenvalue weighted by molar-refractivity contribution is 6.32. The van der Waals surface area contributed by atoms with Crippen molar-refractivity contribution in [1.29, 1.82) is 5.26 Å². The van der Waals surface area contributed by atoms with Crippen molar-refractivity contribution in [1.82, 2.24) is 0 Å². The van der Waals surface area contributed by atoms with Gasteiger partial charge in [-0.15, -0.1) is 0 Å². The Morgan fingerprint density at radius 1 is 1.53 bits per heavy atom. The smallest absolute Gasteiger partial charge is 0.137 e. The summed E-state index contributed by atoms with van der Waals surface area (Å²) in [5.74, 6) is 1.25. The summed E-state index contributed by atoms with van der Waals surface area (Å²) in [6.07, 6.45) is 0.958. The monoisotopic (exact) mass is 221 g/mol. The van der Waals surface area contributed by atoms with Gasteiger partial charge in [0.2, 0.25) is 0 Å². The van der Waals surface area contributed by atoms with Gasteiger partial charge in [0.1, 0.15) is 5.75 Å². The second-order valence-electron chi connectivity index (χ2n) is 3.92. The molecule has 0 bridgehead atoms. The lowest BCUT2D eigenvalue weighted by atomic mass is 10.0. The number of hydrogen-bond acceptors (Lipinski definition) is 2. The van der Waals surface area contributed by atoms with Crippen molar-refractivity contribution in [3.63, 3.8) is 0 Å². The predicted octanol–water partition coefficient (Wildman–Crippen LogP) is 3.28. The van der Waals surface area contributed by atoms with Crippen LogP contribution in [0, 0.1) is 24.2 Å². The fraction of sp³-hybridized carbons (Fsp3) is 0.417. The van der Waals surface area contributed by atoms with Gasteiger partial charge in [-0.05, 0) is 36.6 Å². The maximum absolute atomic E-state index is 8.79. The van der Waals surface area contributed by atoms with Gasteiger partial charge < -0.3 is 4.74 Å². The highest BCUT2D eigenvalue weighted by Gasteiger charge is 2.39. The van der Waals surface area contributed by atoms with Crippen LogP contribution >= 0.6 is 11.6 Å². The molecule has 0 aliphatic heterocycles. The molecule has 0 heterocycles. The molecule has 2 nitrogen and oxygen atoms in total. The van der Waals surface area contributed by atoms with Crippen LogP contribution in [0.1, 0.15) is 23.5 Å². The summed E-state index contributed by atoms with van der Waals surface area (Å²) in [6, 6.07) is 6.15. The molecule has 0 radical (unpaired) electrons. The Balaban J connectivity index is 2.35. The molecule has 0 spiro atoms. The topological polar surface area (TPSA) is 33.0 Å². The van der Waals surface area contributed by atoms with E-state index in [2.05, 4.69) is 6.07 Å². The van der Waals surface area contributed by atoms with Crippen molar-refractivity contribution in [3.8, 4) is 11.8 Å². The van der Waals surface area contributed by atoms with Crippen LogP contribution in [0.15, 0.2) is 12.1 Å². The van der Waals surface area contributed by atoms with Gasteiger partial charge in [-0.25, -0.2) is 0 Å². The van der Waals surface area contributed by atoms with Crippen molar-refractivity contribution in [2.24, 2.45) is 5.92 Å². The average molecular weight is 222 g/mol. The summed E-state index contributed by atoms with van der Waals surface area (Å²) in [5.41, 5.74) is 2.34. The van der Waals surface area contributed by atoms with E-state index in [1.165, 1.54) is 5.56 Å². The molecule has 1 saturated carbocycles. The minimum absolute atomic E-state index is 0.174. The maximum atomic E-state index is 8.79. The van der Waals surface area contributed by atoms with Crippen molar-refractivity contribution in [2.45, 2.75) is 19.3 Å². The van der Waals surface area contributed by atoms with Crippen LogP contribution in [0.25, 0.3) is 0 Å². The molecule has 1 aromatic rings. The molecule has 1 aromatic carbocycles. The molecule has 2 rings (SSSR count). The zero-order valence-corrected chi connectivity index (χ0v) is 9.51. The van der Waals surface area contributed by atoms with E-state index in [9.17, 15) is 0 Å². The zero-order valence-electron chi connectivity index (χ0n) is 8.75. The van der Waals surface area contributed by atoms with E-state index < -0.39 is 0 Å². The molecule has 0 aromatic heterocycles. The summed E-state index contributed by atoms with van der Waals surface area (Å²) < 4.78 is 5.14. The number of methoxy groups -OCH3 is 1. The number of hydrogen-bond donors (Lipinski definition) is 0. The maximum Gasteiger partial charge on any atom is 0.137 e. The van der Waals surface area contributed by atoms with Gasteiger partial charge in [0.15, 0.2) is 0 Å². The Morgan fingerprint density at radius 3 is 2.80 bits per heavy atom. The average Bonchev–Trinajstić information content (AvgIpc) is 3.00. The Bertz CT molecular complexity index is 436. The van der Waals surface area contributed by atoms with Gasteiger partial charge in [-0.2, -0.15) is 5.26 Å². The van der Waals surface area contributed by atoms with E-state index in [1.807, 2.05) is 19.1 Å². The molecule has 2 unspecified atom stereocenters. The zero-order chi connectivity index (χ0) is 11.0. The largest absolute Gasteiger partial charge is 0.495 e. The fourth-order valence-electron chi connectivity index (χ4n) is 1.91. The Labute approximate surface area is 94.4 Å². The highest BCUT2D eigenvalue weighted by Crippen LogP contribution is 2.49. The number of rotatable bonds is 2. The molecule has 2 atom stereocenters. The van der Waals surface area contributed by atoms with Gasteiger partial charge in [0, 0.05) is 5.92 Å². The van der Waals surface area contributed by atoms with E-state index in [1.54, 1.807) is 7.11 Å². The minimum Gasteiger partial charge on any atom is -0.495 e. The Kier molecular flexibility index (Phi) is 2.58. The lowest BCUT2D eigenvalue weighted by molar-refractivity contribution is 0.414. The molecule has 1 aliphatic rings. The molecule has 0 amide bonds. The standard InChI is InChI=1S/C12H12ClNO/c1-7-3-12(15-2)11(13)5-9(7)10-4-8(10)6-14/h3,5,8,10H,4H2,1-2H3. The first kappa shape index (κ1) is 10.3. The van der Waals surface area contributed by atoms with Gasteiger partial charge in [0.25, 0.3) is 0 Å². The van der Waals surface area contributed by atoms with Crippen LogP contribution in [-0.2, 0) is 0 Å². The predicted molar refractivity (Wildman–Crippen MR) is 59.2 cm³/mol. The minimum atomic E-state index is 0.174. The number of halogens is 1. The number of nitrogens with zero attached hydrogens (tertiary/aromatic N) is 1. The second-order valence-corrected chi connectivity index (χ2v) is 4.33. The van der Waals surface area contributed by atoms with Gasteiger partial charge in [-0.1, -0.05) is 11.6 Å². The third kappa shape index (κ3) is 1.80. The van der Waals surface area contributed by atoms with Crippen molar-refractivity contribution < 1.29 is 4.74 Å². The second kappa shape index (κ2) is 3.75. The van der Waals surface area contributed by atoms with Gasteiger partial charge >= 0.3 is 0 Å². The van der Waals surface area contributed by atoms with Crippen LogP contribution in [0.5, 0.6) is 5.75 Å². The van der Waals surface area contributed by atoms with Gasteiger partial charge in [-0.3, -0.25) is 0 Å². The van der Waals surface area contributed by atoms with E-state index in [0.29, 0.717) is 16.7 Å². The number of aryl methyl sites for hydroxylation is 1. The summed E-state index contributed by atoms with van der Waals surface area (Å²) in [4.78, 5) is 0. The van der Waals surface area contributed by atoms with Crippen LogP contribution in [0.4, 0.5) is 0 Å². The van der Waals surface area contributed by atoms with Crippen LogP contribution < -0.4 is 4.74 Å². The summed E-state index contributed by atoms with van der Waals surface area (Å²) in [7, 11) is 1.61. The third-order valence-corrected chi connectivity index (χ3v) is 3.19. The van der Waals surface area contributed by atoms with Crippen molar-refractivity contribution in [2.75, 3.05) is 7.11 Å². The Morgan fingerprint density at radius 2 is 2.27 bits per heavy atom. The normalized spacial score (nSPS) is 23.3. The summed E-state index contributed by atoms with van der Waals surface area (Å²) in [6.45, 7) is 2.03. The summed E-state index contributed by atoms with van der Waals surface area (Å²) >= 11 is 6.06. The van der Waals surface area contributed by atoms with Crippen molar-refractivity contribution >= 4 is 11.6 Å². The SMILES string of the molecule is COc1cc(C)c(C2CC2C#N)cc1Cl. The molecule has 78 valence electrons. The highest BCUT2D eigenvalue weighted by atomic mass is 35.5. The van der Waals surface area contributed by atoms with Crippen LogP contribution in [0.2, 0.25) is 5.02 Å². The molecular formula is C12H12ClNO. The molecule has 3 heteroatoms. The molecule has 0 N–H and O–H groups in total. The lowest BCUT2D eigenvalue weighted by Crippen LogP contribution is -1.91. The first-order valence-corrected chi connectivity index (χ1v) is 5.28. The van der Waals surface area contributed by atoms with Crippen LogP contribution in [-0.4, -0.2) is 7.11 Å². The number of nitriles is 1. The van der Waals surface area contributed by atoms with Crippen LogP contribution in [0.3, 0.4) is 0 Å².